The first-order chi connectivity index (χ1) is 9.43. The lowest BCUT2D eigenvalue weighted by atomic mass is 10.0. The van der Waals surface area contributed by atoms with Gasteiger partial charge in [-0.3, -0.25) is 0 Å². The molecule has 0 saturated heterocycles. The first kappa shape index (κ1) is 10.4. The van der Waals surface area contributed by atoms with E-state index >= 15 is 0 Å². The molecule has 1 aliphatic rings. The van der Waals surface area contributed by atoms with Crippen LogP contribution in [0.2, 0.25) is 0 Å². The third-order valence-electron chi connectivity index (χ3n) is 3.63. The molecule has 1 nitrogen and oxygen atoms in total. The van der Waals surface area contributed by atoms with Crippen molar-refractivity contribution in [1.29, 1.82) is 0 Å². The Morgan fingerprint density at radius 1 is 0.684 bits per heavy atom. The summed E-state index contributed by atoms with van der Waals surface area (Å²) in [7, 11) is 0. The Labute approximate surface area is 111 Å². The molecule has 1 heterocycles. The highest BCUT2D eigenvalue weighted by atomic mass is 14.7. The summed E-state index contributed by atoms with van der Waals surface area (Å²) in [4.78, 5) is 3.55. The van der Waals surface area contributed by atoms with E-state index in [2.05, 4.69) is 71.8 Å². The molecule has 19 heavy (non-hydrogen) atoms. The summed E-state index contributed by atoms with van der Waals surface area (Å²) in [6, 6.07) is 12.9. The normalized spacial score (nSPS) is 13.7. The lowest BCUT2D eigenvalue weighted by molar-refractivity contribution is 1.43. The molecule has 90 valence electrons. The molecule has 1 aliphatic carbocycles. The van der Waals surface area contributed by atoms with Crippen molar-refractivity contribution in [3.63, 3.8) is 0 Å². The van der Waals surface area contributed by atoms with Crippen LogP contribution >= 0.6 is 0 Å². The van der Waals surface area contributed by atoms with Gasteiger partial charge in [0.25, 0.3) is 0 Å². The average Bonchev–Trinajstić information content (AvgIpc) is 2.76. The monoisotopic (exact) mass is 243 g/mol. The third-order valence-corrected chi connectivity index (χ3v) is 3.63. The molecule has 0 fully saturated rings. The van der Waals surface area contributed by atoms with Gasteiger partial charge in [-0.05, 0) is 11.5 Å². The summed E-state index contributed by atoms with van der Waals surface area (Å²) in [5.41, 5.74) is 3.66. The second kappa shape index (κ2) is 3.99. The molecule has 1 aromatic heterocycles. The molecule has 4 rings (SSSR count). The van der Waals surface area contributed by atoms with E-state index in [1.807, 2.05) is 6.08 Å². The molecule has 2 aromatic carbocycles. The summed E-state index contributed by atoms with van der Waals surface area (Å²) in [6.07, 6.45) is 12.6. The number of benzene rings is 2. The summed E-state index contributed by atoms with van der Waals surface area (Å²) >= 11 is 0. The van der Waals surface area contributed by atoms with Crippen molar-refractivity contribution >= 4 is 33.8 Å². The van der Waals surface area contributed by atoms with E-state index in [0.717, 1.165) is 0 Å². The SMILES string of the molecule is C1=CC=Cc2c([nH]c3c2ccc2ccccc23)C=C1. The van der Waals surface area contributed by atoms with Crippen molar-refractivity contribution in [3.8, 4) is 0 Å². The van der Waals surface area contributed by atoms with Crippen LogP contribution in [0.4, 0.5) is 0 Å². The van der Waals surface area contributed by atoms with Gasteiger partial charge in [0.1, 0.15) is 0 Å². The van der Waals surface area contributed by atoms with Crippen LogP contribution in [0.1, 0.15) is 11.3 Å². The van der Waals surface area contributed by atoms with Crippen molar-refractivity contribution < 1.29 is 0 Å². The first-order valence-electron chi connectivity index (χ1n) is 6.48. The Hall–Kier alpha value is -2.54. The van der Waals surface area contributed by atoms with Gasteiger partial charge in [0.2, 0.25) is 0 Å². The highest BCUT2D eigenvalue weighted by Gasteiger charge is 2.09. The Kier molecular flexibility index (Phi) is 2.18. The van der Waals surface area contributed by atoms with Crippen LogP contribution in [-0.4, -0.2) is 4.98 Å². The fourth-order valence-electron chi connectivity index (χ4n) is 2.72. The maximum atomic E-state index is 3.55. The van der Waals surface area contributed by atoms with Crippen LogP contribution in [0.3, 0.4) is 0 Å². The van der Waals surface area contributed by atoms with Gasteiger partial charge in [0.05, 0.1) is 5.52 Å². The summed E-state index contributed by atoms with van der Waals surface area (Å²) in [5, 5.41) is 3.83. The number of aromatic nitrogens is 1. The highest BCUT2D eigenvalue weighted by molar-refractivity contribution is 6.09. The number of hydrogen-bond acceptors (Lipinski definition) is 0. The Morgan fingerprint density at radius 2 is 1.53 bits per heavy atom. The van der Waals surface area contributed by atoms with Gasteiger partial charge in [-0.25, -0.2) is 0 Å². The van der Waals surface area contributed by atoms with Gasteiger partial charge < -0.3 is 4.98 Å². The maximum Gasteiger partial charge on any atom is 0.0544 e. The van der Waals surface area contributed by atoms with Gasteiger partial charge >= 0.3 is 0 Å². The van der Waals surface area contributed by atoms with Gasteiger partial charge in [-0.15, -0.1) is 0 Å². The van der Waals surface area contributed by atoms with Crippen LogP contribution in [0.25, 0.3) is 33.8 Å². The predicted molar refractivity (Wildman–Crippen MR) is 83.0 cm³/mol. The van der Waals surface area contributed by atoms with E-state index in [1.165, 1.54) is 32.9 Å². The lowest BCUT2D eigenvalue weighted by Gasteiger charge is -1.99. The minimum absolute atomic E-state index is 1.17. The second-order valence-electron chi connectivity index (χ2n) is 4.76. The molecular formula is C18H13N. The molecule has 0 radical (unpaired) electrons. The van der Waals surface area contributed by atoms with Crippen molar-refractivity contribution in [2.45, 2.75) is 0 Å². The molecular weight excluding hydrogens is 230 g/mol. The van der Waals surface area contributed by atoms with E-state index in [-0.39, 0.29) is 0 Å². The lowest BCUT2D eigenvalue weighted by Crippen LogP contribution is -1.76. The summed E-state index contributed by atoms with van der Waals surface area (Å²) < 4.78 is 0. The first-order valence-corrected chi connectivity index (χ1v) is 6.48. The van der Waals surface area contributed by atoms with Crippen molar-refractivity contribution in [2.24, 2.45) is 0 Å². The number of allylic oxidation sites excluding steroid dienone is 4. The molecule has 0 aliphatic heterocycles. The van der Waals surface area contributed by atoms with E-state index in [0.29, 0.717) is 0 Å². The quantitative estimate of drug-likeness (QED) is 0.577. The number of aromatic amines is 1. The van der Waals surface area contributed by atoms with Crippen LogP contribution < -0.4 is 0 Å². The van der Waals surface area contributed by atoms with Crippen molar-refractivity contribution in [3.05, 3.63) is 72.0 Å². The smallest absolute Gasteiger partial charge is 0.0544 e. The zero-order chi connectivity index (χ0) is 12.7. The van der Waals surface area contributed by atoms with Gasteiger partial charge in [0, 0.05) is 22.0 Å². The highest BCUT2D eigenvalue weighted by Crippen LogP contribution is 2.31. The molecule has 0 saturated carbocycles. The van der Waals surface area contributed by atoms with Gasteiger partial charge in [-0.2, -0.15) is 0 Å². The average molecular weight is 243 g/mol. The summed E-state index contributed by atoms with van der Waals surface area (Å²) in [6.45, 7) is 0. The Balaban J connectivity index is 2.16. The third kappa shape index (κ3) is 1.55. The largest absolute Gasteiger partial charge is 0.354 e. The summed E-state index contributed by atoms with van der Waals surface area (Å²) in [5.74, 6) is 0. The molecule has 0 spiro atoms. The number of hydrogen-bond donors (Lipinski definition) is 1. The standard InChI is InChI=1S/C18H13N/c1-2-4-10-17-15(9-3-1)16-12-11-13-7-5-6-8-14(13)18(16)19-17/h1-12,19H. The zero-order valence-electron chi connectivity index (χ0n) is 10.4. The Morgan fingerprint density at radius 3 is 2.47 bits per heavy atom. The van der Waals surface area contributed by atoms with Gasteiger partial charge in [-0.1, -0.05) is 66.8 Å². The van der Waals surface area contributed by atoms with Gasteiger partial charge in [0.15, 0.2) is 0 Å². The van der Waals surface area contributed by atoms with Crippen LogP contribution in [-0.2, 0) is 0 Å². The minimum Gasteiger partial charge on any atom is -0.354 e. The minimum atomic E-state index is 1.17. The fraction of sp³-hybridized carbons (Fsp3) is 0. The Bertz CT molecular complexity index is 860. The van der Waals surface area contributed by atoms with E-state index < -0.39 is 0 Å². The topological polar surface area (TPSA) is 15.8 Å². The second-order valence-corrected chi connectivity index (χ2v) is 4.76. The zero-order valence-corrected chi connectivity index (χ0v) is 10.4. The molecule has 1 N–H and O–H groups in total. The maximum absolute atomic E-state index is 3.55. The molecule has 0 atom stereocenters. The number of fused-ring (bicyclic) bond motifs is 5. The van der Waals surface area contributed by atoms with Crippen molar-refractivity contribution in [1.82, 2.24) is 4.98 Å². The van der Waals surface area contributed by atoms with E-state index in [4.69, 9.17) is 0 Å². The van der Waals surface area contributed by atoms with Crippen molar-refractivity contribution in [2.75, 3.05) is 0 Å². The van der Waals surface area contributed by atoms with Crippen LogP contribution in [0, 0.1) is 0 Å². The van der Waals surface area contributed by atoms with Crippen LogP contribution in [0.5, 0.6) is 0 Å². The van der Waals surface area contributed by atoms with E-state index in [1.54, 1.807) is 0 Å². The number of rotatable bonds is 0. The number of H-pyrrole nitrogens is 1. The fourth-order valence-corrected chi connectivity index (χ4v) is 2.72. The van der Waals surface area contributed by atoms with E-state index in [9.17, 15) is 0 Å². The predicted octanol–water partition coefficient (Wildman–Crippen LogP) is 4.92. The molecule has 3 aromatic rings. The molecule has 0 unspecified atom stereocenters. The van der Waals surface area contributed by atoms with Crippen LogP contribution in [0.15, 0.2) is 60.7 Å². The molecule has 0 amide bonds. The molecule has 0 bridgehead atoms. The number of nitrogens with one attached hydrogen (secondary N) is 1. The molecule has 1 heteroatoms.